The molecule has 0 fully saturated rings. The van der Waals surface area contributed by atoms with E-state index in [-0.39, 0.29) is 17.5 Å². The van der Waals surface area contributed by atoms with Gasteiger partial charge in [0.1, 0.15) is 0 Å². The molecule has 6 heteroatoms. The Morgan fingerprint density at radius 3 is 2.52 bits per heavy atom. The molecule has 1 heterocycles. The average molecular weight is 325 g/mol. The predicted molar refractivity (Wildman–Crippen MR) is 84.9 cm³/mol. The third kappa shape index (κ3) is 3.52. The van der Waals surface area contributed by atoms with Crippen LogP contribution in [-0.2, 0) is 16.6 Å². The summed E-state index contributed by atoms with van der Waals surface area (Å²) in [6.07, 6.45) is 0. The van der Waals surface area contributed by atoms with E-state index >= 15 is 0 Å². The first-order valence-electron chi connectivity index (χ1n) is 6.63. The highest BCUT2D eigenvalue weighted by atomic mass is 32.2. The van der Waals surface area contributed by atoms with Crippen molar-refractivity contribution in [1.29, 1.82) is 0 Å². The van der Waals surface area contributed by atoms with Crippen LogP contribution >= 0.6 is 11.3 Å². The van der Waals surface area contributed by atoms with E-state index in [1.165, 1.54) is 6.07 Å². The fraction of sp³-hybridized carbons (Fsp3) is 0.333. The van der Waals surface area contributed by atoms with Crippen molar-refractivity contribution in [3.8, 4) is 0 Å². The van der Waals surface area contributed by atoms with Gasteiger partial charge in [0.2, 0.25) is 10.0 Å². The van der Waals surface area contributed by atoms with Gasteiger partial charge in [0.25, 0.3) is 0 Å². The van der Waals surface area contributed by atoms with E-state index in [9.17, 15) is 13.5 Å². The highest BCUT2D eigenvalue weighted by Crippen LogP contribution is 2.27. The van der Waals surface area contributed by atoms with Gasteiger partial charge in [-0.1, -0.05) is 18.2 Å². The quantitative estimate of drug-likeness (QED) is 0.888. The molecule has 2 N–H and O–H groups in total. The Labute approximate surface area is 129 Å². The molecule has 4 nitrogen and oxygen atoms in total. The van der Waals surface area contributed by atoms with Gasteiger partial charge in [0, 0.05) is 15.8 Å². The molecule has 0 aliphatic carbocycles. The summed E-state index contributed by atoms with van der Waals surface area (Å²) < 4.78 is 27.7. The van der Waals surface area contributed by atoms with Crippen molar-refractivity contribution in [3.05, 3.63) is 51.2 Å². The van der Waals surface area contributed by atoms with Crippen molar-refractivity contribution in [2.45, 2.75) is 38.3 Å². The van der Waals surface area contributed by atoms with Gasteiger partial charge in [-0.2, -0.15) is 0 Å². The summed E-state index contributed by atoms with van der Waals surface area (Å²) in [4.78, 5) is 2.39. The van der Waals surface area contributed by atoms with Crippen molar-refractivity contribution < 1.29 is 13.5 Å². The van der Waals surface area contributed by atoms with Crippen molar-refractivity contribution in [3.63, 3.8) is 0 Å². The minimum absolute atomic E-state index is 0.129. The van der Waals surface area contributed by atoms with Gasteiger partial charge in [-0.3, -0.25) is 0 Å². The molecule has 0 radical (unpaired) electrons. The Balaban J connectivity index is 2.31. The lowest BCUT2D eigenvalue weighted by Crippen LogP contribution is -2.27. The van der Waals surface area contributed by atoms with Crippen LogP contribution in [0.25, 0.3) is 0 Å². The van der Waals surface area contributed by atoms with E-state index in [1.54, 1.807) is 29.5 Å². The number of thiophene rings is 1. The zero-order chi connectivity index (χ0) is 15.6. The Kier molecular flexibility index (Phi) is 4.83. The molecule has 1 atom stereocenters. The van der Waals surface area contributed by atoms with Gasteiger partial charge in [-0.05, 0) is 44.0 Å². The molecule has 0 aliphatic rings. The molecule has 0 spiro atoms. The molecule has 0 saturated carbocycles. The van der Waals surface area contributed by atoms with E-state index in [2.05, 4.69) is 4.72 Å². The molecule has 0 saturated heterocycles. The zero-order valence-corrected chi connectivity index (χ0v) is 13.9. The first-order chi connectivity index (χ1) is 9.85. The van der Waals surface area contributed by atoms with Crippen LogP contribution in [0.3, 0.4) is 0 Å². The lowest BCUT2D eigenvalue weighted by Gasteiger charge is -2.16. The maximum Gasteiger partial charge on any atom is 0.241 e. The molecule has 1 unspecified atom stereocenters. The van der Waals surface area contributed by atoms with E-state index in [1.807, 2.05) is 26.8 Å². The Bertz CT molecular complexity index is 735. The van der Waals surface area contributed by atoms with Crippen LogP contribution in [0.5, 0.6) is 0 Å². The molecule has 0 amide bonds. The molecular weight excluding hydrogens is 306 g/mol. The molecule has 1 aromatic heterocycles. The van der Waals surface area contributed by atoms with Crippen molar-refractivity contribution in [2.75, 3.05) is 0 Å². The van der Waals surface area contributed by atoms with E-state index < -0.39 is 10.0 Å². The molecule has 1 aromatic carbocycles. The second-order valence-corrected chi connectivity index (χ2v) is 8.12. The lowest BCUT2D eigenvalue weighted by atomic mass is 10.1. The number of benzene rings is 1. The topological polar surface area (TPSA) is 66.4 Å². The smallest absolute Gasteiger partial charge is 0.241 e. The Morgan fingerprint density at radius 2 is 1.95 bits per heavy atom. The van der Waals surface area contributed by atoms with Crippen LogP contribution in [0, 0.1) is 13.8 Å². The molecule has 2 rings (SSSR count). The van der Waals surface area contributed by atoms with Gasteiger partial charge in [-0.25, -0.2) is 13.1 Å². The summed E-state index contributed by atoms with van der Waals surface area (Å²) in [6.45, 7) is 5.51. The fourth-order valence-corrected chi connectivity index (χ4v) is 4.81. The highest BCUT2D eigenvalue weighted by molar-refractivity contribution is 7.89. The van der Waals surface area contributed by atoms with Crippen molar-refractivity contribution in [1.82, 2.24) is 4.72 Å². The number of hydrogen-bond donors (Lipinski definition) is 2. The van der Waals surface area contributed by atoms with Crippen LogP contribution in [0.1, 0.15) is 33.8 Å². The second kappa shape index (κ2) is 6.27. The monoisotopic (exact) mass is 325 g/mol. The summed E-state index contributed by atoms with van der Waals surface area (Å²) in [5.41, 5.74) is 1.39. The molecule has 2 aromatic rings. The Hall–Kier alpha value is -1.21. The molecule has 0 aliphatic heterocycles. The van der Waals surface area contributed by atoms with Gasteiger partial charge >= 0.3 is 0 Å². The summed E-state index contributed by atoms with van der Waals surface area (Å²) in [6, 6.07) is 8.17. The molecule has 0 bridgehead atoms. The van der Waals surface area contributed by atoms with Crippen LogP contribution < -0.4 is 4.72 Å². The van der Waals surface area contributed by atoms with Gasteiger partial charge in [0.15, 0.2) is 0 Å². The van der Waals surface area contributed by atoms with Crippen LogP contribution in [0.2, 0.25) is 0 Å². The third-order valence-corrected chi connectivity index (χ3v) is 5.93. The SMILES string of the molecule is Cc1cc(C(C)NS(=O)(=O)c2ccccc2CO)c(C)s1. The minimum atomic E-state index is -3.66. The largest absolute Gasteiger partial charge is 0.392 e. The highest BCUT2D eigenvalue weighted by Gasteiger charge is 2.22. The summed E-state index contributed by atoms with van der Waals surface area (Å²) in [7, 11) is -3.66. The summed E-state index contributed by atoms with van der Waals surface area (Å²) in [5, 5.41) is 9.29. The summed E-state index contributed by atoms with van der Waals surface area (Å²) >= 11 is 1.65. The number of hydrogen-bond acceptors (Lipinski definition) is 4. The molecule has 114 valence electrons. The fourth-order valence-electron chi connectivity index (χ4n) is 2.34. The number of nitrogens with one attached hydrogen (secondary N) is 1. The molecular formula is C15H19NO3S2. The van der Waals surface area contributed by atoms with E-state index in [0.29, 0.717) is 5.56 Å². The number of rotatable bonds is 5. The third-order valence-electron chi connectivity index (χ3n) is 3.31. The lowest BCUT2D eigenvalue weighted by molar-refractivity contribution is 0.278. The number of aliphatic hydroxyl groups is 1. The van der Waals surface area contributed by atoms with Gasteiger partial charge in [-0.15, -0.1) is 11.3 Å². The maximum absolute atomic E-state index is 12.5. The first kappa shape index (κ1) is 16.2. The number of aryl methyl sites for hydroxylation is 2. The number of sulfonamides is 1. The van der Waals surface area contributed by atoms with Crippen molar-refractivity contribution >= 4 is 21.4 Å². The van der Waals surface area contributed by atoms with Crippen LogP contribution in [0.4, 0.5) is 0 Å². The van der Waals surface area contributed by atoms with E-state index in [0.717, 1.165) is 15.3 Å². The average Bonchev–Trinajstić information content (AvgIpc) is 2.77. The van der Waals surface area contributed by atoms with Crippen LogP contribution in [0.15, 0.2) is 35.2 Å². The van der Waals surface area contributed by atoms with Crippen molar-refractivity contribution in [2.24, 2.45) is 0 Å². The second-order valence-electron chi connectivity index (χ2n) is 4.98. The maximum atomic E-state index is 12.5. The van der Waals surface area contributed by atoms with Gasteiger partial charge in [0.05, 0.1) is 11.5 Å². The van der Waals surface area contributed by atoms with E-state index in [4.69, 9.17) is 0 Å². The number of aliphatic hydroxyl groups excluding tert-OH is 1. The Morgan fingerprint density at radius 1 is 1.29 bits per heavy atom. The predicted octanol–water partition coefficient (Wildman–Crippen LogP) is 2.90. The normalized spacial score (nSPS) is 13.3. The van der Waals surface area contributed by atoms with Gasteiger partial charge < -0.3 is 5.11 Å². The van der Waals surface area contributed by atoms with Crippen LogP contribution in [-0.4, -0.2) is 13.5 Å². The molecule has 21 heavy (non-hydrogen) atoms. The standard InChI is InChI=1S/C15H19NO3S2/c1-10-8-14(12(3)20-10)11(2)16-21(18,19)15-7-5-4-6-13(15)9-17/h4-8,11,16-17H,9H2,1-3H3. The minimum Gasteiger partial charge on any atom is -0.392 e. The first-order valence-corrected chi connectivity index (χ1v) is 8.93. The zero-order valence-electron chi connectivity index (χ0n) is 12.3. The summed E-state index contributed by atoms with van der Waals surface area (Å²) in [5.74, 6) is 0.